The summed E-state index contributed by atoms with van der Waals surface area (Å²) in [5.74, 6) is 1.56. The van der Waals surface area contributed by atoms with E-state index in [-0.39, 0.29) is 13.1 Å². The predicted octanol–water partition coefficient (Wildman–Crippen LogP) is 8.62. The van der Waals surface area contributed by atoms with Gasteiger partial charge in [0.1, 0.15) is 11.5 Å². The molecule has 0 radical (unpaired) electrons. The Hall–Kier alpha value is -1.84. The van der Waals surface area contributed by atoms with Gasteiger partial charge >= 0.3 is 33.3 Å². The quantitative estimate of drug-likeness (QED) is 0.254. The number of hydrogen-bond donors (Lipinski definition) is 0. The molecule has 0 aliphatic heterocycles. The van der Waals surface area contributed by atoms with Crippen molar-refractivity contribution in [1.82, 2.24) is 0 Å². The number of furan rings is 1. The Labute approximate surface area is 206 Å². The number of halogens is 2. The molecule has 0 bridgehead atoms. The van der Waals surface area contributed by atoms with Crippen LogP contribution in [0, 0.1) is 55.4 Å². The molecular formula is C26H30Cl2FeN2O. The SMILES string of the molecule is Cc1cc(C)c(N=Cc2oc(C=Nc3c(C)cc(C)cc3C)c(C)c2C)c(C)c1.[Cl][Fe][Cl]. The van der Waals surface area contributed by atoms with Gasteiger partial charge in [-0.2, -0.15) is 0 Å². The molecule has 0 fully saturated rings. The maximum atomic E-state index is 6.10. The van der Waals surface area contributed by atoms with Crippen LogP contribution < -0.4 is 0 Å². The molecular weight excluding hydrogens is 483 g/mol. The van der Waals surface area contributed by atoms with Gasteiger partial charge in [0.25, 0.3) is 0 Å². The van der Waals surface area contributed by atoms with E-state index in [4.69, 9.17) is 34.6 Å². The molecule has 0 N–H and O–H groups in total. The van der Waals surface area contributed by atoms with Crippen molar-refractivity contribution in [2.24, 2.45) is 9.98 Å². The van der Waals surface area contributed by atoms with Crippen LogP contribution in [0.4, 0.5) is 11.4 Å². The number of aliphatic imine (C=N–C) groups is 2. The molecule has 1 heterocycles. The third kappa shape index (κ3) is 6.59. The first-order chi connectivity index (χ1) is 15.1. The van der Waals surface area contributed by atoms with Crippen molar-refractivity contribution >= 4 is 44.0 Å². The van der Waals surface area contributed by atoms with Gasteiger partial charge in [-0.15, -0.1) is 0 Å². The Bertz CT molecular complexity index is 1030. The first-order valence-corrected chi connectivity index (χ1v) is 13.3. The molecule has 0 spiro atoms. The fraction of sp³-hybridized carbons (Fsp3) is 0.308. The van der Waals surface area contributed by atoms with Gasteiger partial charge in [-0.05, 0) is 88.8 Å². The Kier molecular flexibility index (Phi) is 9.79. The zero-order valence-corrected chi connectivity index (χ0v) is 22.5. The second kappa shape index (κ2) is 11.9. The maximum absolute atomic E-state index is 6.10. The van der Waals surface area contributed by atoms with Crippen LogP contribution in [0.3, 0.4) is 0 Å². The van der Waals surface area contributed by atoms with Crippen LogP contribution in [-0.2, 0) is 13.1 Å². The van der Waals surface area contributed by atoms with Gasteiger partial charge in [0, 0.05) is 0 Å². The number of hydrogen-bond acceptors (Lipinski definition) is 3. The van der Waals surface area contributed by atoms with E-state index in [1.165, 1.54) is 33.4 Å². The monoisotopic (exact) mass is 512 g/mol. The summed E-state index contributed by atoms with van der Waals surface area (Å²) in [7, 11) is 9.53. The van der Waals surface area contributed by atoms with Crippen molar-refractivity contribution in [3.63, 3.8) is 0 Å². The average Bonchev–Trinajstić information content (AvgIpc) is 2.95. The number of aryl methyl sites for hydroxylation is 6. The summed E-state index contributed by atoms with van der Waals surface area (Å²) in [6.07, 6.45) is 3.65. The van der Waals surface area contributed by atoms with E-state index in [2.05, 4.69) is 79.7 Å². The molecule has 1 aromatic heterocycles. The van der Waals surface area contributed by atoms with E-state index in [0.717, 1.165) is 34.0 Å². The first kappa shape index (κ1) is 26.4. The average molecular weight is 513 g/mol. The van der Waals surface area contributed by atoms with E-state index in [1.807, 2.05) is 12.4 Å². The minimum atomic E-state index is 0.194. The van der Waals surface area contributed by atoms with E-state index >= 15 is 0 Å². The molecule has 3 rings (SSSR count). The Morgan fingerprint density at radius 1 is 0.625 bits per heavy atom. The summed E-state index contributed by atoms with van der Waals surface area (Å²) in [6, 6.07) is 8.63. The minimum absolute atomic E-state index is 0.194. The molecule has 172 valence electrons. The molecule has 3 aromatic rings. The Morgan fingerprint density at radius 2 is 0.906 bits per heavy atom. The fourth-order valence-electron chi connectivity index (χ4n) is 3.89. The number of rotatable bonds is 4. The molecule has 0 aliphatic rings. The third-order valence-electron chi connectivity index (χ3n) is 5.41. The molecule has 0 unspecified atom stereocenters. The van der Waals surface area contributed by atoms with Crippen molar-refractivity contribution in [2.45, 2.75) is 55.4 Å². The molecule has 3 nitrogen and oxygen atoms in total. The molecule has 0 amide bonds. The molecule has 2 aromatic carbocycles. The molecule has 0 saturated heterocycles. The van der Waals surface area contributed by atoms with Gasteiger partial charge in [-0.3, -0.25) is 9.98 Å². The van der Waals surface area contributed by atoms with Crippen LogP contribution in [0.5, 0.6) is 0 Å². The van der Waals surface area contributed by atoms with Gasteiger partial charge < -0.3 is 4.42 Å². The summed E-state index contributed by atoms with van der Waals surface area (Å²) in [6.45, 7) is 16.7. The number of benzene rings is 2. The van der Waals surface area contributed by atoms with Crippen molar-refractivity contribution in [3.05, 3.63) is 80.3 Å². The Morgan fingerprint density at radius 3 is 1.19 bits per heavy atom. The summed E-state index contributed by atoms with van der Waals surface area (Å²) >= 11 is 0.194. The van der Waals surface area contributed by atoms with Crippen LogP contribution in [0.2, 0.25) is 0 Å². The summed E-state index contributed by atoms with van der Waals surface area (Å²) in [5, 5.41) is 0. The van der Waals surface area contributed by atoms with Crippen LogP contribution >= 0.6 is 20.2 Å². The fourth-order valence-corrected chi connectivity index (χ4v) is 3.89. The predicted molar refractivity (Wildman–Crippen MR) is 136 cm³/mol. The second-order valence-corrected chi connectivity index (χ2v) is 9.97. The van der Waals surface area contributed by atoms with Crippen molar-refractivity contribution in [2.75, 3.05) is 0 Å². The van der Waals surface area contributed by atoms with Gasteiger partial charge in [-0.1, -0.05) is 35.4 Å². The van der Waals surface area contributed by atoms with E-state index in [0.29, 0.717) is 0 Å². The van der Waals surface area contributed by atoms with Crippen molar-refractivity contribution in [1.29, 1.82) is 0 Å². The van der Waals surface area contributed by atoms with E-state index < -0.39 is 0 Å². The van der Waals surface area contributed by atoms with Gasteiger partial charge in [0.15, 0.2) is 0 Å². The summed E-state index contributed by atoms with van der Waals surface area (Å²) < 4.78 is 6.10. The molecule has 0 saturated carbocycles. The van der Waals surface area contributed by atoms with Crippen LogP contribution in [0.15, 0.2) is 38.7 Å². The number of nitrogens with zero attached hydrogens (tertiary/aromatic N) is 2. The topological polar surface area (TPSA) is 37.9 Å². The van der Waals surface area contributed by atoms with Gasteiger partial charge in [0.2, 0.25) is 0 Å². The standard InChI is InChI=1S/C26H30N2O.2ClH.Fe/c1-15-9-17(3)25(18(4)10-15)27-13-23-21(7)22(8)24(29-23)14-28-26-19(5)11-16(2)12-20(26)6;;;/h9-14H,1-8H3;2*1H;/q;;;+2/p-2. The van der Waals surface area contributed by atoms with Crippen LogP contribution in [0.25, 0.3) is 0 Å². The van der Waals surface area contributed by atoms with Crippen molar-refractivity contribution < 1.29 is 17.6 Å². The van der Waals surface area contributed by atoms with Crippen molar-refractivity contribution in [3.8, 4) is 0 Å². The molecule has 6 heteroatoms. The van der Waals surface area contributed by atoms with Crippen LogP contribution in [0.1, 0.15) is 56.0 Å². The van der Waals surface area contributed by atoms with Gasteiger partial charge in [0.05, 0.1) is 23.8 Å². The van der Waals surface area contributed by atoms with E-state index in [9.17, 15) is 0 Å². The third-order valence-corrected chi connectivity index (χ3v) is 5.41. The zero-order valence-electron chi connectivity index (χ0n) is 19.9. The molecule has 32 heavy (non-hydrogen) atoms. The molecule has 0 atom stereocenters. The Balaban J connectivity index is 0.00000114. The second-order valence-electron chi connectivity index (χ2n) is 8.14. The summed E-state index contributed by atoms with van der Waals surface area (Å²) in [5.41, 5.74) is 11.4. The van der Waals surface area contributed by atoms with Gasteiger partial charge in [-0.25, -0.2) is 0 Å². The summed E-state index contributed by atoms with van der Waals surface area (Å²) in [4.78, 5) is 9.45. The first-order valence-electron chi connectivity index (χ1n) is 10.3. The zero-order chi connectivity index (χ0) is 24.0. The molecule has 0 aliphatic carbocycles. The normalized spacial score (nSPS) is 11.4. The van der Waals surface area contributed by atoms with E-state index in [1.54, 1.807) is 0 Å². The van der Waals surface area contributed by atoms with Crippen LogP contribution in [-0.4, -0.2) is 12.4 Å².